The largest absolute Gasteiger partial charge is 0.383 e. The summed E-state index contributed by atoms with van der Waals surface area (Å²) in [6, 6.07) is 17.3. The molecule has 0 aliphatic carbocycles. The van der Waals surface area contributed by atoms with E-state index in [-0.39, 0.29) is 6.04 Å². The Morgan fingerprint density at radius 2 is 1.90 bits per heavy atom. The van der Waals surface area contributed by atoms with Crippen LogP contribution in [0.15, 0.2) is 59.1 Å². The summed E-state index contributed by atoms with van der Waals surface area (Å²) in [4.78, 5) is 8.87. The van der Waals surface area contributed by atoms with E-state index in [2.05, 4.69) is 19.9 Å². The van der Waals surface area contributed by atoms with E-state index in [1.165, 1.54) is 0 Å². The zero-order valence-electron chi connectivity index (χ0n) is 16.6. The Kier molecular flexibility index (Phi) is 5.69. The Bertz CT molecular complexity index is 945. The monoisotopic (exact) mass is 412 g/mol. The fraction of sp³-hybridized carbons (Fsp3) is 0.364. The molecule has 2 aromatic carbocycles. The van der Waals surface area contributed by atoms with Crippen molar-refractivity contribution in [3.8, 4) is 11.4 Å². The summed E-state index contributed by atoms with van der Waals surface area (Å²) in [6.07, 6.45) is 0.637. The second kappa shape index (κ2) is 8.24. The predicted molar refractivity (Wildman–Crippen MR) is 112 cm³/mol. The van der Waals surface area contributed by atoms with E-state index in [4.69, 9.17) is 16.1 Å². The highest BCUT2D eigenvalue weighted by atomic mass is 35.5. The van der Waals surface area contributed by atoms with Gasteiger partial charge in [-0.15, -0.1) is 0 Å². The molecule has 0 amide bonds. The maximum Gasteiger partial charge on any atom is 0.241 e. The summed E-state index contributed by atoms with van der Waals surface area (Å²) in [5.74, 6) is 1.12. The van der Waals surface area contributed by atoms with Gasteiger partial charge in [-0.2, -0.15) is 4.98 Å². The normalized spacial score (nSPS) is 22.9. The second-order valence-corrected chi connectivity index (χ2v) is 8.21. The highest BCUT2D eigenvalue weighted by Gasteiger charge is 2.44. The second-order valence-electron chi connectivity index (χ2n) is 7.77. The van der Waals surface area contributed by atoms with Gasteiger partial charge < -0.3 is 14.5 Å². The molecule has 6 nitrogen and oxygen atoms in total. The van der Waals surface area contributed by atoms with Crippen LogP contribution in [0.25, 0.3) is 11.4 Å². The Hall–Kier alpha value is -2.25. The lowest BCUT2D eigenvalue weighted by Crippen LogP contribution is -2.58. The first-order chi connectivity index (χ1) is 14.0. The Labute approximate surface area is 175 Å². The van der Waals surface area contributed by atoms with Crippen LogP contribution in [0.4, 0.5) is 0 Å². The number of nitrogens with zero attached hydrogens (tertiary/aromatic N) is 4. The summed E-state index contributed by atoms with van der Waals surface area (Å²) >= 11 is 5.94. The number of aliphatic hydroxyl groups is 1. The molecule has 152 valence electrons. The van der Waals surface area contributed by atoms with Crippen molar-refractivity contribution in [3.63, 3.8) is 0 Å². The summed E-state index contributed by atoms with van der Waals surface area (Å²) in [7, 11) is 4.01. The van der Waals surface area contributed by atoms with Crippen LogP contribution >= 0.6 is 11.6 Å². The van der Waals surface area contributed by atoms with Crippen LogP contribution < -0.4 is 0 Å². The van der Waals surface area contributed by atoms with Gasteiger partial charge in [-0.1, -0.05) is 47.1 Å². The molecule has 1 saturated heterocycles. The van der Waals surface area contributed by atoms with Crippen molar-refractivity contribution in [2.75, 3.05) is 27.2 Å². The van der Waals surface area contributed by atoms with Crippen LogP contribution in [0.2, 0.25) is 5.02 Å². The molecule has 3 aromatic rings. The summed E-state index contributed by atoms with van der Waals surface area (Å²) in [5.41, 5.74) is 0.943. The number of piperidine rings is 1. The Balaban J connectivity index is 1.48. The lowest BCUT2D eigenvalue weighted by atomic mass is 9.80. The van der Waals surface area contributed by atoms with Crippen molar-refractivity contribution >= 4 is 11.6 Å². The maximum absolute atomic E-state index is 11.5. The van der Waals surface area contributed by atoms with Gasteiger partial charge in [0.2, 0.25) is 11.7 Å². The topological polar surface area (TPSA) is 65.6 Å². The van der Waals surface area contributed by atoms with Gasteiger partial charge in [0.05, 0.1) is 12.6 Å². The van der Waals surface area contributed by atoms with E-state index in [1.54, 1.807) is 0 Å². The minimum absolute atomic E-state index is 0.0442. The zero-order chi connectivity index (χ0) is 20.4. The van der Waals surface area contributed by atoms with Crippen LogP contribution in [0, 0.1) is 0 Å². The molecule has 4 rings (SSSR count). The molecule has 0 unspecified atom stereocenters. The molecule has 0 bridgehead atoms. The molecule has 2 heterocycles. The fourth-order valence-electron chi connectivity index (χ4n) is 4.01. The van der Waals surface area contributed by atoms with Gasteiger partial charge in [0.25, 0.3) is 0 Å². The highest BCUT2D eigenvalue weighted by molar-refractivity contribution is 6.30. The average Bonchev–Trinajstić information content (AvgIpc) is 3.19. The van der Waals surface area contributed by atoms with Gasteiger partial charge in [0.15, 0.2) is 0 Å². The van der Waals surface area contributed by atoms with Crippen LogP contribution in [-0.4, -0.2) is 58.3 Å². The number of halogens is 1. The number of hydrogen-bond acceptors (Lipinski definition) is 6. The fourth-order valence-corrected chi connectivity index (χ4v) is 4.13. The number of aromatic nitrogens is 2. The first-order valence-electron chi connectivity index (χ1n) is 9.71. The minimum Gasteiger partial charge on any atom is -0.383 e. The summed E-state index contributed by atoms with van der Waals surface area (Å²) in [6.45, 7) is 2.00. The smallest absolute Gasteiger partial charge is 0.241 e. The van der Waals surface area contributed by atoms with Crippen molar-refractivity contribution in [3.05, 3.63) is 71.1 Å². The van der Waals surface area contributed by atoms with E-state index in [0.717, 1.165) is 17.7 Å². The van der Waals surface area contributed by atoms with Gasteiger partial charge in [-0.25, -0.2) is 0 Å². The number of likely N-dealkylation sites (tertiary alicyclic amines) is 1. The lowest BCUT2D eigenvalue weighted by molar-refractivity contribution is -0.0904. The SMILES string of the molecule is CN(C)[C@@H]1CN(Cc2nc(-c3ccc(Cl)cc3)no2)CC[C@]1(O)c1ccccc1. The molecule has 0 radical (unpaired) electrons. The summed E-state index contributed by atoms with van der Waals surface area (Å²) in [5, 5.41) is 16.3. The highest BCUT2D eigenvalue weighted by Crippen LogP contribution is 2.35. The molecule has 7 heteroatoms. The van der Waals surface area contributed by atoms with Crippen LogP contribution in [-0.2, 0) is 12.1 Å². The third-order valence-corrected chi connectivity index (χ3v) is 5.87. The number of benzene rings is 2. The van der Waals surface area contributed by atoms with Gasteiger partial charge in [0, 0.05) is 23.7 Å². The zero-order valence-corrected chi connectivity index (χ0v) is 17.4. The van der Waals surface area contributed by atoms with Crippen molar-refractivity contribution in [1.29, 1.82) is 0 Å². The van der Waals surface area contributed by atoms with Crippen molar-refractivity contribution in [2.24, 2.45) is 0 Å². The third-order valence-electron chi connectivity index (χ3n) is 5.62. The van der Waals surface area contributed by atoms with E-state index in [9.17, 15) is 5.11 Å². The van der Waals surface area contributed by atoms with Gasteiger partial charge >= 0.3 is 0 Å². The Morgan fingerprint density at radius 1 is 1.17 bits per heavy atom. The molecular formula is C22H25ClN4O2. The molecule has 2 atom stereocenters. The Morgan fingerprint density at radius 3 is 2.59 bits per heavy atom. The standard InChI is InChI=1S/C22H25ClN4O2/c1-26(2)19-14-27(13-12-22(19,28)17-6-4-3-5-7-17)15-20-24-21(25-29-20)16-8-10-18(23)11-9-16/h3-11,19,28H,12-15H2,1-2H3/t19-,22+/m1/s1. The molecule has 1 aliphatic rings. The lowest BCUT2D eigenvalue weighted by Gasteiger charge is -2.47. The quantitative estimate of drug-likeness (QED) is 0.692. The van der Waals surface area contributed by atoms with Crippen molar-refractivity contribution in [2.45, 2.75) is 24.6 Å². The number of hydrogen-bond donors (Lipinski definition) is 1. The van der Waals surface area contributed by atoms with E-state index >= 15 is 0 Å². The molecule has 1 N–H and O–H groups in total. The van der Waals surface area contributed by atoms with Crippen LogP contribution in [0.5, 0.6) is 0 Å². The molecule has 1 fully saturated rings. The average molecular weight is 413 g/mol. The molecule has 29 heavy (non-hydrogen) atoms. The predicted octanol–water partition coefficient (Wildman–Crippen LogP) is 3.41. The van der Waals surface area contributed by atoms with E-state index in [1.807, 2.05) is 68.7 Å². The molecule has 1 aliphatic heterocycles. The van der Waals surface area contributed by atoms with E-state index < -0.39 is 5.60 Å². The van der Waals surface area contributed by atoms with Crippen LogP contribution in [0.1, 0.15) is 17.9 Å². The van der Waals surface area contributed by atoms with Gasteiger partial charge in [-0.05, 0) is 50.3 Å². The third kappa shape index (κ3) is 4.21. The molecule has 0 spiro atoms. The van der Waals surface area contributed by atoms with Crippen LogP contribution in [0.3, 0.4) is 0 Å². The number of likely N-dealkylation sites (N-methyl/N-ethyl adjacent to an activating group) is 1. The number of rotatable bonds is 5. The first-order valence-corrected chi connectivity index (χ1v) is 10.1. The maximum atomic E-state index is 11.5. The molecule has 1 aromatic heterocycles. The first kappa shape index (κ1) is 20.0. The minimum atomic E-state index is -0.884. The summed E-state index contributed by atoms with van der Waals surface area (Å²) < 4.78 is 5.47. The van der Waals surface area contributed by atoms with Crippen molar-refractivity contribution in [1.82, 2.24) is 19.9 Å². The van der Waals surface area contributed by atoms with Gasteiger partial charge in [-0.3, -0.25) is 4.90 Å². The molecular weight excluding hydrogens is 388 g/mol. The van der Waals surface area contributed by atoms with Gasteiger partial charge in [0.1, 0.15) is 5.60 Å². The molecule has 0 saturated carbocycles. The van der Waals surface area contributed by atoms with Crippen molar-refractivity contribution < 1.29 is 9.63 Å². The van der Waals surface area contributed by atoms with E-state index in [0.29, 0.717) is 36.2 Å².